The van der Waals surface area contributed by atoms with Crippen LogP contribution in [0.5, 0.6) is 5.75 Å². The van der Waals surface area contributed by atoms with Crippen molar-refractivity contribution >= 4 is 24.0 Å². The topological polar surface area (TPSA) is 64.4 Å². The average molecular weight is 339 g/mol. The number of hydrogen-bond donors (Lipinski definition) is 2. The van der Waals surface area contributed by atoms with Crippen molar-refractivity contribution in [3.05, 3.63) is 24.3 Å². The van der Waals surface area contributed by atoms with Gasteiger partial charge in [-0.3, -0.25) is 4.79 Å². The van der Waals surface area contributed by atoms with Crippen molar-refractivity contribution in [1.82, 2.24) is 0 Å². The van der Waals surface area contributed by atoms with Gasteiger partial charge in [0.05, 0.1) is 6.10 Å². The Bertz CT molecular complexity index is 500. The first-order chi connectivity index (χ1) is 10.7. The second-order valence-electron chi connectivity index (χ2n) is 6.66. The molecule has 2 aliphatic carbocycles. The van der Waals surface area contributed by atoms with Gasteiger partial charge in [0.25, 0.3) is 0 Å². The normalized spacial score (nSPS) is 24.2. The molecule has 0 saturated heterocycles. The molecule has 2 aliphatic rings. The second kappa shape index (κ2) is 8.55. The van der Waals surface area contributed by atoms with Crippen LogP contribution < -0.4 is 15.8 Å². The summed E-state index contributed by atoms with van der Waals surface area (Å²) in [5.74, 6) is 1.29. The number of carbonyl (C=O) groups excluding carboxylic acids is 1. The molecule has 2 saturated carbocycles. The van der Waals surface area contributed by atoms with E-state index in [1.165, 1.54) is 12.8 Å². The molecule has 0 bridgehead atoms. The molecule has 0 spiro atoms. The van der Waals surface area contributed by atoms with Gasteiger partial charge in [-0.2, -0.15) is 0 Å². The number of nitrogens with one attached hydrogen (secondary N) is 1. The lowest BCUT2D eigenvalue weighted by Gasteiger charge is -2.15. The van der Waals surface area contributed by atoms with E-state index in [1.54, 1.807) is 0 Å². The van der Waals surface area contributed by atoms with E-state index in [2.05, 4.69) is 5.32 Å². The van der Waals surface area contributed by atoms with Crippen molar-refractivity contribution in [2.24, 2.45) is 11.7 Å². The van der Waals surface area contributed by atoms with Crippen LogP contribution >= 0.6 is 12.4 Å². The molecule has 0 unspecified atom stereocenters. The van der Waals surface area contributed by atoms with Gasteiger partial charge in [-0.25, -0.2) is 0 Å². The number of carbonyl (C=O) groups is 1. The van der Waals surface area contributed by atoms with Crippen molar-refractivity contribution in [1.29, 1.82) is 0 Å². The summed E-state index contributed by atoms with van der Waals surface area (Å²) < 4.78 is 5.93. The molecule has 5 heteroatoms. The zero-order chi connectivity index (χ0) is 15.4. The highest BCUT2D eigenvalue weighted by molar-refractivity contribution is 5.90. The molecule has 0 heterocycles. The van der Waals surface area contributed by atoms with Crippen LogP contribution in [0.3, 0.4) is 0 Å². The quantitative estimate of drug-likeness (QED) is 0.856. The Hall–Kier alpha value is -1.26. The maximum absolute atomic E-state index is 12.1. The number of benzene rings is 1. The standard InChI is InChI=1S/C18H26N2O2.ClH/c19-17-7-3-4-13(17)12-18(21)20-14-8-10-16(11-9-14)22-15-5-1-2-6-15;/h8-11,13,15,17H,1-7,12,19H2,(H,20,21);1H/t13-,17+;/m0./s1. The predicted molar refractivity (Wildman–Crippen MR) is 95.1 cm³/mol. The molecule has 4 nitrogen and oxygen atoms in total. The van der Waals surface area contributed by atoms with Crippen LogP contribution in [0.4, 0.5) is 5.69 Å². The lowest BCUT2D eigenvalue weighted by atomic mass is 10.00. The lowest BCUT2D eigenvalue weighted by molar-refractivity contribution is -0.117. The highest BCUT2D eigenvalue weighted by atomic mass is 35.5. The number of anilines is 1. The Balaban J connectivity index is 0.00000192. The molecule has 1 aromatic rings. The minimum atomic E-state index is 0. The summed E-state index contributed by atoms with van der Waals surface area (Å²) in [5.41, 5.74) is 6.85. The van der Waals surface area contributed by atoms with Gasteiger partial charge in [-0.1, -0.05) is 6.42 Å². The smallest absolute Gasteiger partial charge is 0.224 e. The number of halogens is 1. The summed E-state index contributed by atoms with van der Waals surface area (Å²) in [5, 5.41) is 2.96. The number of rotatable bonds is 5. The average Bonchev–Trinajstić information content (AvgIpc) is 3.14. The molecule has 0 aliphatic heterocycles. The first kappa shape index (κ1) is 18.1. The van der Waals surface area contributed by atoms with Crippen LogP contribution in [0.25, 0.3) is 0 Å². The van der Waals surface area contributed by atoms with E-state index < -0.39 is 0 Å². The van der Waals surface area contributed by atoms with Crippen LogP contribution in [0.15, 0.2) is 24.3 Å². The maximum atomic E-state index is 12.1. The lowest BCUT2D eigenvalue weighted by Crippen LogP contribution is -2.28. The molecular weight excluding hydrogens is 312 g/mol. The third-order valence-corrected chi connectivity index (χ3v) is 4.91. The third kappa shape index (κ3) is 5.11. The number of amides is 1. The van der Waals surface area contributed by atoms with E-state index in [0.29, 0.717) is 18.4 Å². The molecule has 128 valence electrons. The molecule has 23 heavy (non-hydrogen) atoms. The van der Waals surface area contributed by atoms with Gasteiger partial charge in [0.15, 0.2) is 0 Å². The Morgan fingerprint density at radius 1 is 1.09 bits per heavy atom. The van der Waals surface area contributed by atoms with Crippen molar-refractivity contribution in [2.45, 2.75) is 63.5 Å². The van der Waals surface area contributed by atoms with Crippen LogP contribution in [0.2, 0.25) is 0 Å². The number of nitrogens with two attached hydrogens (primary N) is 1. The number of ether oxygens (including phenoxy) is 1. The fraction of sp³-hybridized carbons (Fsp3) is 0.611. The predicted octanol–water partition coefficient (Wildman–Crippen LogP) is 3.89. The van der Waals surface area contributed by atoms with Crippen molar-refractivity contribution in [3.63, 3.8) is 0 Å². The van der Waals surface area contributed by atoms with Crippen LogP contribution in [-0.2, 0) is 4.79 Å². The molecule has 2 fully saturated rings. The minimum Gasteiger partial charge on any atom is -0.490 e. The van der Waals surface area contributed by atoms with Crippen molar-refractivity contribution in [2.75, 3.05) is 5.32 Å². The summed E-state index contributed by atoms with van der Waals surface area (Å²) in [6.07, 6.45) is 9.00. The fourth-order valence-corrected chi connectivity index (χ4v) is 3.58. The summed E-state index contributed by atoms with van der Waals surface area (Å²) in [6, 6.07) is 7.89. The van der Waals surface area contributed by atoms with Crippen LogP contribution in [0, 0.1) is 5.92 Å². The number of hydrogen-bond acceptors (Lipinski definition) is 3. The van der Waals surface area contributed by atoms with Crippen molar-refractivity contribution < 1.29 is 9.53 Å². The molecule has 2 atom stereocenters. The summed E-state index contributed by atoms with van der Waals surface area (Å²) >= 11 is 0. The largest absolute Gasteiger partial charge is 0.490 e. The Morgan fingerprint density at radius 3 is 2.39 bits per heavy atom. The highest BCUT2D eigenvalue weighted by Crippen LogP contribution is 2.28. The minimum absolute atomic E-state index is 0. The zero-order valence-electron chi connectivity index (χ0n) is 13.5. The monoisotopic (exact) mass is 338 g/mol. The highest BCUT2D eigenvalue weighted by Gasteiger charge is 2.26. The van der Waals surface area contributed by atoms with Gasteiger partial charge in [-0.15, -0.1) is 12.4 Å². The molecule has 3 rings (SSSR count). The zero-order valence-corrected chi connectivity index (χ0v) is 14.3. The summed E-state index contributed by atoms with van der Waals surface area (Å²) in [7, 11) is 0. The van der Waals surface area contributed by atoms with Crippen LogP contribution in [0.1, 0.15) is 51.4 Å². The van der Waals surface area contributed by atoms with Crippen molar-refractivity contribution in [3.8, 4) is 5.75 Å². The first-order valence-electron chi connectivity index (χ1n) is 8.53. The first-order valence-corrected chi connectivity index (χ1v) is 8.53. The van der Waals surface area contributed by atoms with E-state index in [4.69, 9.17) is 10.5 Å². The van der Waals surface area contributed by atoms with E-state index in [-0.39, 0.29) is 24.4 Å². The Labute approximate surface area is 144 Å². The van der Waals surface area contributed by atoms with Gasteiger partial charge in [0.1, 0.15) is 5.75 Å². The van der Waals surface area contributed by atoms with Gasteiger partial charge >= 0.3 is 0 Å². The van der Waals surface area contributed by atoms with Gasteiger partial charge < -0.3 is 15.8 Å². The molecule has 0 radical (unpaired) electrons. The van der Waals surface area contributed by atoms with Gasteiger partial charge in [0, 0.05) is 18.2 Å². The van der Waals surface area contributed by atoms with E-state index in [1.807, 2.05) is 24.3 Å². The molecule has 1 amide bonds. The molecule has 1 aromatic carbocycles. The Morgan fingerprint density at radius 2 is 1.78 bits per heavy atom. The molecule has 3 N–H and O–H groups in total. The Kier molecular flexibility index (Phi) is 6.72. The summed E-state index contributed by atoms with van der Waals surface area (Å²) in [4.78, 5) is 12.1. The van der Waals surface area contributed by atoms with Gasteiger partial charge in [-0.05, 0) is 68.7 Å². The van der Waals surface area contributed by atoms with E-state index in [9.17, 15) is 4.79 Å². The third-order valence-electron chi connectivity index (χ3n) is 4.91. The maximum Gasteiger partial charge on any atom is 0.224 e. The van der Waals surface area contributed by atoms with Crippen LogP contribution in [-0.4, -0.2) is 18.1 Å². The fourth-order valence-electron chi connectivity index (χ4n) is 3.58. The van der Waals surface area contributed by atoms with E-state index >= 15 is 0 Å². The summed E-state index contributed by atoms with van der Waals surface area (Å²) in [6.45, 7) is 0. The second-order valence-corrected chi connectivity index (χ2v) is 6.66. The van der Waals surface area contributed by atoms with Gasteiger partial charge in [0.2, 0.25) is 5.91 Å². The molecule has 0 aromatic heterocycles. The van der Waals surface area contributed by atoms with E-state index in [0.717, 1.165) is 43.5 Å². The SMILES string of the molecule is Cl.N[C@@H]1CCC[C@H]1CC(=O)Nc1ccc(OC2CCCC2)cc1. The molecular formula is C18H27ClN2O2.